The van der Waals surface area contributed by atoms with Crippen molar-refractivity contribution in [2.45, 2.75) is 12.5 Å². The molecule has 0 bridgehead atoms. The Morgan fingerprint density at radius 2 is 2.18 bits per heavy atom. The maximum atomic E-state index is 10.7. The largest absolute Gasteiger partial charge is 0.493 e. The summed E-state index contributed by atoms with van der Waals surface area (Å²) in [6, 6.07) is 4.59. The average Bonchev–Trinajstić information content (AvgIpc) is 2.75. The van der Waals surface area contributed by atoms with E-state index in [0.29, 0.717) is 30.3 Å². The number of hydrogen-bond acceptors (Lipinski definition) is 5. The Kier molecular flexibility index (Phi) is 3.34. The second-order valence-corrected chi connectivity index (χ2v) is 3.66. The van der Waals surface area contributed by atoms with Gasteiger partial charge < -0.3 is 25.7 Å². The number of primary amides is 1. The van der Waals surface area contributed by atoms with Crippen LogP contribution in [0.4, 0.5) is 0 Å². The van der Waals surface area contributed by atoms with E-state index in [0.717, 1.165) is 0 Å². The molecule has 1 atom stereocenters. The second kappa shape index (κ2) is 4.92. The first-order valence-corrected chi connectivity index (χ1v) is 5.24. The van der Waals surface area contributed by atoms with Gasteiger partial charge in [0.15, 0.2) is 11.5 Å². The number of benzene rings is 1. The number of carbonyl (C=O) groups excluding carboxylic acids is 1. The van der Waals surface area contributed by atoms with Crippen LogP contribution in [0.15, 0.2) is 18.2 Å². The third-order valence-electron chi connectivity index (χ3n) is 2.41. The van der Waals surface area contributed by atoms with Crippen molar-refractivity contribution in [3.05, 3.63) is 18.2 Å². The van der Waals surface area contributed by atoms with Crippen LogP contribution in [0.25, 0.3) is 0 Å². The van der Waals surface area contributed by atoms with Gasteiger partial charge in [0.2, 0.25) is 12.7 Å². The van der Waals surface area contributed by atoms with Crippen molar-refractivity contribution >= 4 is 5.91 Å². The van der Waals surface area contributed by atoms with Gasteiger partial charge in [-0.1, -0.05) is 0 Å². The molecule has 1 aliphatic heterocycles. The zero-order chi connectivity index (χ0) is 12.3. The fraction of sp³-hybridized carbons (Fsp3) is 0.364. The zero-order valence-corrected chi connectivity index (χ0v) is 9.22. The summed E-state index contributed by atoms with van der Waals surface area (Å²) >= 11 is 0. The highest BCUT2D eigenvalue weighted by Gasteiger charge is 2.14. The van der Waals surface area contributed by atoms with Gasteiger partial charge in [-0.25, -0.2) is 0 Å². The quantitative estimate of drug-likeness (QED) is 0.752. The van der Waals surface area contributed by atoms with E-state index in [1.54, 1.807) is 18.2 Å². The van der Waals surface area contributed by atoms with Crippen molar-refractivity contribution in [1.82, 2.24) is 0 Å². The molecule has 0 saturated heterocycles. The van der Waals surface area contributed by atoms with Crippen molar-refractivity contribution in [3.8, 4) is 17.2 Å². The van der Waals surface area contributed by atoms with Gasteiger partial charge in [-0.05, 0) is 12.1 Å². The number of nitrogens with two attached hydrogens (primary N) is 2. The zero-order valence-electron chi connectivity index (χ0n) is 9.22. The number of fused-ring (bicyclic) bond motifs is 1. The van der Waals surface area contributed by atoms with E-state index < -0.39 is 11.9 Å². The molecule has 4 N–H and O–H groups in total. The van der Waals surface area contributed by atoms with Crippen molar-refractivity contribution in [3.63, 3.8) is 0 Å². The van der Waals surface area contributed by atoms with Gasteiger partial charge in [0, 0.05) is 12.5 Å². The Bertz CT molecular complexity index is 422. The molecule has 1 aromatic carbocycles. The standard InChI is InChI=1S/C11H14N2O4/c12-8(11(13)14)3-4-15-7-1-2-9-10(5-7)17-6-16-9/h1-2,5,8H,3-4,6,12H2,(H2,13,14). The SMILES string of the molecule is NC(=O)C(N)CCOc1ccc2c(c1)OCO2. The van der Waals surface area contributed by atoms with Crippen LogP contribution in [0.3, 0.4) is 0 Å². The van der Waals surface area contributed by atoms with Crippen LogP contribution in [0.5, 0.6) is 17.2 Å². The first-order chi connectivity index (χ1) is 8.16. The van der Waals surface area contributed by atoms with Crippen molar-refractivity contribution in [1.29, 1.82) is 0 Å². The van der Waals surface area contributed by atoms with Crippen LogP contribution in [0.1, 0.15) is 6.42 Å². The summed E-state index contributed by atoms with van der Waals surface area (Å²) in [5, 5.41) is 0. The molecule has 0 radical (unpaired) electrons. The average molecular weight is 238 g/mol. The van der Waals surface area contributed by atoms with Gasteiger partial charge in [0.05, 0.1) is 12.6 Å². The van der Waals surface area contributed by atoms with Gasteiger partial charge >= 0.3 is 0 Å². The minimum atomic E-state index is -0.677. The third-order valence-corrected chi connectivity index (χ3v) is 2.41. The Labute approximate surface area is 98.4 Å². The topological polar surface area (TPSA) is 96.8 Å². The number of carbonyl (C=O) groups is 1. The summed E-state index contributed by atoms with van der Waals surface area (Å²) in [6.45, 7) is 0.551. The number of rotatable bonds is 5. The predicted molar refractivity (Wildman–Crippen MR) is 59.8 cm³/mol. The Morgan fingerprint density at radius 1 is 1.41 bits per heavy atom. The molecule has 17 heavy (non-hydrogen) atoms. The first kappa shape index (κ1) is 11.5. The monoisotopic (exact) mass is 238 g/mol. The normalized spacial score (nSPS) is 14.4. The Morgan fingerprint density at radius 3 is 2.94 bits per heavy atom. The number of amides is 1. The van der Waals surface area contributed by atoms with E-state index in [1.807, 2.05) is 0 Å². The lowest BCUT2D eigenvalue weighted by atomic mass is 10.2. The molecule has 1 unspecified atom stereocenters. The Balaban J connectivity index is 1.85. The van der Waals surface area contributed by atoms with Crippen molar-refractivity contribution in [2.75, 3.05) is 13.4 Å². The van der Waals surface area contributed by atoms with Crippen LogP contribution < -0.4 is 25.7 Å². The minimum Gasteiger partial charge on any atom is -0.493 e. The third kappa shape index (κ3) is 2.79. The first-order valence-electron chi connectivity index (χ1n) is 5.24. The summed E-state index contributed by atoms with van der Waals surface area (Å²) in [6.07, 6.45) is 0.379. The molecule has 0 saturated carbocycles. The van der Waals surface area contributed by atoms with Gasteiger partial charge in [-0.3, -0.25) is 4.79 Å². The fourth-order valence-corrected chi connectivity index (χ4v) is 1.41. The highest BCUT2D eigenvalue weighted by atomic mass is 16.7. The molecule has 0 aromatic heterocycles. The maximum absolute atomic E-state index is 10.7. The molecule has 1 heterocycles. The molecule has 1 aromatic rings. The lowest BCUT2D eigenvalue weighted by molar-refractivity contribution is -0.119. The lowest BCUT2D eigenvalue weighted by Crippen LogP contribution is -2.37. The van der Waals surface area contributed by atoms with E-state index in [1.165, 1.54) is 0 Å². The van der Waals surface area contributed by atoms with E-state index >= 15 is 0 Å². The summed E-state index contributed by atoms with van der Waals surface area (Å²) in [5.41, 5.74) is 10.5. The molecule has 1 amide bonds. The van der Waals surface area contributed by atoms with Crippen molar-refractivity contribution in [2.24, 2.45) is 11.5 Å². The molecule has 1 aliphatic rings. The summed E-state index contributed by atoms with van der Waals surface area (Å²) in [4.78, 5) is 10.7. The molecule has 0 aliphatic carbocycles. The fourth-order valence-electron chi connectivity index (χ4n) is 1.41. The van der Waals surface area contributed by atoms with Crippen LogP contribution in [0, 0.1) is 0 Å². The van der Waals surface area contributed by atoms with Gasteiger partial charge in [0.25, 0.3) is 0 Å². The van der Waals surface area contributed by atoms with Gasteiger partial charge in [0.1, 0.15) is 5.75 Å². The molecule has 92 valence electrons. The maximum Gasteiger partial charge on any atom is 0.234 e. The molecular formula is C11H14N2O4. The van der Waals surface area contributed by atoms with E-state index in [4.69, 9.17) is 25.7 Å². The number of ether oxygens (including phenoxy) is 3. The van der Waals surface area contributed by atoms with E-state index in [2.05, 4.69) is 0 Å². The summed E-state index contributed by atoms with van der Waals surface area (Å²) < 4.78 is 15.8. The molecule has 2 rings (SSSR count). The second-order valence-electron chi connectivity index (χ2n) is 3.66. The van der Waals surface area contributed by atoms with Crippen LogP contribution in [0.2, 0.25) is 0 Å². The Hall–Kier alpha value is -1.95. The minimum absolute atomic E-state index is 0.228. The predicted octanol–water partition coefficient (Wildman–Crippen LogP) is -0.00320. The molecule has 0 fully saturated rings. The molecule has 0 spiro atoms. The van der Waals surface area contributed by atoms with Crippen LogP contribution >= 0.6 is 0 Å². The van der Waals surface area contributed by atoms with E-state index in [-0.39, 0.29) is 6.79 Å². The highest BCUT2D eigenvalue weighted by molar-refractivity contribution is 5.79. The lowest BCUT2D eigenvalue weighted by Gasteiger charge is -2.09. The molecule has 6 heteroatoms. The highest BCUT2D eigenvalue weighted by Crippen LogP contribution is 2.35. The van der Waals surface area contributed by atoms with Gasteiger partial charge in [-0.15, -0.1) is 0 Å². The summed E-state index contributed by atoms with van der Waals surface area (Å²) in [5.74, 6) is 1.47. The molecular weight excluding hydrogens is 224 g/mol. The number of hydrogen-bond donors (Lipinski definition) is 2. The van der Waals surface area contributed by atoms with Crippen LogP contribution in [-0.2, 0) is 4.79 Å². The molecule has 6 nitrogen and oxygen atoms in total. The smallest absolute Gasteiger partial charge is 0.234 e. The van der Waals surface area contributed by atoms with Crippen LogP contribution in [-0.4, -0.2) is 25.3 Å². The van der Waals surface area contributed by atoms with Gasteiger partial charge in [-0.2, -0.15) is 0 Å². The van der Waals surface area contributed by atoms with Crippen molar-refractivity contribution < 1.29 is 19.0 Å². The summed E-state index contributed by atoms with van der Waals surface area (Å²) in [7, 11) is 0. The van der Waals surface area contributed by atoms with E-state index in [9.17, 15) is 4.79 Å².